The number of hydrogen-bond donors (Lipinski definition) is 9. The number of urea groups is 1. The first kappa shape index (κ1) is 47.5. The summed E-state index contributed by atoms with van der Waals surface area (Å²) >= 11 is 3.65. The largest absolute Gasteiger partial charge is 0.370 e. The van der Waals surface area contributed by atoms with E-state index in [-0.39, 0.29) is 44.6 Å². The predicted molar refractivity (Wildman–Crippen MR) is 263 cm³/mol. The number of aliphatic imine (C=N–C) groups is 1. The molecule has 5 atom stereocenters. The molecule has 66 heavy (non-hydrogen) atoms. The molecule has 0 spiro atoms. The van der Waals surface area contributed by atoms with Crippen LogP contribution in [0.25, 0.3) is 10.5 Å². The Balaban J connectivity index is 1.18. The van der Waals surface area contributed by atoms with Crippen molar-refractivity contribution in [1.82, 2.24) is 26.6 Å². The van der Waals surface area contributed by atoms with Crippen LogP contribution in [0.15, 0.2) is 112 Å². The molecule has 0 saturated carbocycles. The van der Waals surface area contributed by atoms with Crippen LogP contribution in [-0.2, 0) is 44.9 Å². The highest BCUT2D eigenvalue weighted by Gasteiger charge is 2.45. The van der Waals surface area contributed by atoms with Gasteiger partial charge in [-0.2, -0.15) is 0 Å². The molecule has 1 aliphatic heterocycles. The Labute approximate surface area is 393 Å². The molecule has 15 nitrogen and oxygen atoms in total. The van der Waals surface area contributed by atoms with Crippen LogP contribution in [0.2, 0.25) is 0 Å². The van der Waals surface area contributed by atoms with Crippen LogP contribution in [0.3, 0.4) is 0 Å². The molecule has 2 aliphatic rings. The maximum absolute atomic E-state index is 14.8. The zero-order chi connectivity index (χ0) is 46.8. The van der Waals surface area contributed by atoms with E-state index >= 15 is 0 Å². The number of carbonyl (C=O) groups excluding carboxylic acids is 5. The Hall–Kier alpha value is -6.51. The first-order valence-electron chi connectivity index (χ1n) is 22.3. The van der Waals surface area contributed by atoms with Crippen molar-refractivity contribution in [3.05, 3.63) is 135 Å². The summed E-state index contributed by atoms with van der Waals surface area (Å²) in [4.78, 5) is 75.9. The zero-order valence-electron chi connectivity index (χ0n) is 36.9. The average molecular weight is 977 g/mol. The van der Waals surface area contributed by atoms with E-state index in [1.165, 1.54) is 0 Å². The molecule has 17 heteroatoms. The summed E-state index contributed by atoms with van der Waals surface area (Å²) in [7, 11) is -1.08. The lowest BCUT2D eigenvalue weighted by molar-refractivity contribution is -0.135. The van der Waals surface area contributed by atoms with Gasteiger partial charge in [0.25, 0.3) is 0 Å². The topological polar surface area (TPSA) is 248 Å². The zero-order valence-corrected chi connectivity index (χ0v) is 39.4. The van der Waals surface area contributed by atoms with Crippen molar-refractivity contribution in [3.63, 3.8) is 0 Å². The number of para-hydroxylation sites is 1. The molecule has 1 aromatic heterocycles. The number of unbranched alkanes of at least 4 members (excludes halogenated alkanes) is 1. The van der Waals surface area contributed by atoms with E-state index in [2.05, 4.69) is 58.6 Å². The Morgan fingerprint density at radius 3 is 2.45 bits per heavy atom. The molecule has 0 saturated heterocycles. The molecule has 0 fully saturated rings. The normalized spacial score (nSPS) is 17.7. The number of fused-ring (bicyclic) bond motifs is 7. The van der Waals surface area contributed by atoms with Gasteiger partial charge in [0, 0.05) is 41.9 Å². The van der Waals surface area contributed by atoms with E-state index in [1.807, 2.05) is 97.9 Å². The summed E-state index contributed by atoms with van der Waals surface area (Å²) < 4.78 is 0.915. The maximum atomic E-state index is 14.8. The minimum Gasteiger partial charge on any atom is -0.370 e. The number of halogens is 1. The van der Waals surface area contributed by atoms with Crippen LogP contribution in [0.1, 0.15) is 66.8 Å². The molecule has 7 rings (SSSR count). The molecule has 5 aromatic rings. The standard InChI is InChI=1S/C49H56BrN10O5P/c1-2-3-24-55-48(65)60-49(23-22-33-31(28-49)15-11-18-36(33)50)46(64)59-39(26-30-13-5-4-6-14-30)44(62)57-38(20-12-25-54-47(52)53)43(61)58-40-27-32-29-66(41-21-10-8-16-34(32)41)42(51)35-17-7-9-19-37(35)56-45(40)63/h4-11,13-19,21,29,38-40,51H,2-3,12,20,22-28H2,1H3,(H,56,63)(H,57,62)(H,58,61)(H,59,64)(H4,52,53,54)(H2,55,60,65)/p+1/t38-,39+,40-,49?,66?/m0/s1. The number of guanidine groups is 1. The van der Waals surface area contributed by atoms with Gasteiger partial charge in [-0.3, -0.25) is 29.6 Å². The number of nitrogens with one attached hydrogen (secondary N) is 6. The van der Waals surface area contributed by atoms with Crippen LogP contribution in [0.5, 0.6) is 0 Å². The second kappa shape index (κ2) is 21.7. The Kier molecular flexibility index (Phi) is 15.6. The molecule has 6 amide bonds. The lowest BCUT2D eigenvalue weighted by Crippen LogP contribution is -2.66. The molecule has 2 heterocycles. The van der Waals surface area contributed by atoms with Gasteiger partial charge in [-0.25, -0.2) is 4.79 Å². The molecule has 1 aliphatic carbocycles. The van der Waals surface area contributed by atoms with E-state index in [1.54, 1.807) is 6.07 Å². The minimum atomic E-state index is -1.41. The van der Waals surface area contributed by atoms with Gasteiger partial charge in [0.2, 0.25) is 29.1 Å². The van der Waals surface area contributed by atoms with Crippen LogP contribution in [0, 0.1) is 0 Å². The lowest BCUT2D eigenvalue weighted by Gasteiger charge is -2.39. The summed E-state index contributed by atoms with van der Waals surface area (Å²) in [6, 6.07) is 26.3. The first-order valence-corrected chi connectivity index (χ1v) is 24.5. The van der Waals surface area contributed by atoms with E-state index in [0.717, 1.165) is 50.1 Å². The molecule has 0 radical (unpaired) electrons. The monoisotopic (exact) mass is 975 g/mol. The molecule has 344 valence electrons. The van der Waals surface area contributed by atoms with Crippen molar-refractivity contribution in [2.45, 2.75) is 88.4 Å². The van der Waals surface area contributed by atoms with Crippen molar-refractivity contribution in [2.75, 3.05) is 18.4 Å². The van der Waals surface area contributed by atoms with Gasteiger partial charge < -0.3 is 43.4 Å². The summed E-state index contributed by atoms with van der Waals surface area (Å²) in [5.74, 6) is -0.256. The number of hydrogen-bond acceptors (Lipinski definition) is 6. The molecular weight excluding hydrogens is 919 g/mol. The maximum Gasteiger partial charge on any atom is 0.315 e. The smallest absolute Gasteiger partial charge is 0.315 e. The number of rotatable bonds is 16. The van der Waals surface area contributed by atoms with Gasteiger partial charge >= 0.3 is 6.03 Å². The summed E-state index contributed by atoms with van der Waals surface area (Å²) in [5, 5.41) is 26.6. The van der Waals surface area contributed by atoms with Gasteiger partial charge in [-0.15, -0.1) is 0 Å². The van der Waals surface area contributed by atoms with Crippen LogP contribution in [0.4, 0.5) is 10.5 Å². The van der Waals surface area contributed by atoms with Gasteiger partial charge in [0.1, 0.15) is 23.7 Å². The highest BCUT2D eigenvalue weighted by atomic mass is 79.9. The second-order valence-corrected chi connectivity index (χ2v) is 19.6. The number of nitrogens with two attached hydrogens (primary N) is 3. The fraction of sp³-hybridized carbons (Fsp3) is 0.327. The SMILES string of the molecule is CCCCNC(=O)NC1(C(=O)N[C@H](Cc2ccccc2)C(=O)N[C@@H](CCCN=C(N)N)C(=O)N[C@H]2Cc3cp(c4ccccc34)C(=[NH2+])c3ccccc3NC2=O)CCc2c(Br)cccc2C1. The lowest BCUT2D eigenvalue weighted by atomic mass is 9.77. The third kappa shape index (κ3) is 11.3. The number of anilines is 1. The van der Waals surface area contributed by atoms with Gasteiger partial charge in [0.15, 0.2) is 5.96 Å². The highest BCUT2D eigenvalue weighted by molar-refractivity contribution is 9.10. The molecular formula is C49H57BrN10O5P+. The Morgan fingerprint density at radius 2 is 1.67 bits per heavy atom. The number of carbonyl (C=O) groups is 5. The van der Waals surface area contributed by atoms with Crippen molar-refractivity contribution in [3.8, 4) is 0 Å². The van der Waals surface area contributed by atoms with Crippen molar-refractivity contribution in [2.24, 2.45) is 16.5 Å². The van der Waals surface area contributed by atoms with Crippen molar-refractivity contribution >= 4 is 80.7 Å². The fourth-order valence-corrected chi connectivity index (χ4v) is 11.6. The van der Waals surface area contributed by atoms with E-state index in [4.69, 9.17) is 16.9 Å². The molecule has 4 aromatic carbocycles. The number of amides is 6. The average Bonchev–Trinajstić information content (AvgIpc) is 3.67. The van der Waals surface area contributed by atoms with Crippen LogP contribution >= 0.6 is 23.5 Å². The van der Waals surface area contributed by atoms with Gasteiger partial charge in [-0.05, 0) is 97.3 Å². The van der Waals surface area contributed by atoms with E-state index in [0.29, 0.717) is 36.1 Å². The molecule has 2 unspecified atom stereocenters. The van der Waals surface area contributed by atoms with Crippen molar-refractivity contribution < 1.29 is 29.4 Å². The molecule has 12 N–H and O–H groups in total. The van der Waals surface area contributed by atoms with Crippen molar-refractivity contribution in [1.29, 1.82) is 0 Å². The predicted octanol–water partition coefficient (Wildman–Crippen LogP) is 3.92. The van der Waals surface area contributed by atoms with E-state index in [9.17, 15) is 24.0 Å². The number of benzene rings is 4. The third-order valence-corrected chi connectivity index (χ3v) is 15.1. The van der Waals surface area contributed by atoms with Crippen LogP contribution < -0.4 is 48.8 Å². The van der Waals surface area contributed by atoms with Crippen LogP contribution in [-0.4, -0.2) is 77.8 Å². The Bertz CT molecular complexity index is 2650. The summed E-state index contributed by atoms with van der Waals surface area (Å²) in [5.41, 5.74) is 15.3. The first-order chi connectivity index (χ1) is 31.9. The fourth-order valence-electron chi connectivity index (χ4n) is 8.68. The summed E-state index contributed by atoms with van der Waals surface area (Å²) in [6.07, 6.45) is 3.21. The number of nitrogens with zero attached hydrogens (tertiary/aromatic N) is 1. The van der Waals surface area contributed by atoms with E-state index < -0.39 is 60.9 Å². The molecule has 2 bridgehead atoms. The third-order valence-electron chi connectivity index (χ3n) is 12.2. The Morgan fingerprint density at radius 1 is 0.909 bits per heavy atom. The highest BCUT2D eigenvalue weighted by Crippen LogP contribution is 2.45. The summed E-state index contributed by atoms with van der Waals surface area (Å²) in [6.45, 7) is 2.63. The minimum absolute atomic E-state index is 0.0722. The second-order valence-electron chi connectivity index (χ2n) is 16.8. The van der Waals surface area contributed by atoms with Gasteiger partial charge in [-0.1, -0.05) is 102 Å². The van der Waals surface area contributed by atoms with Gasteiger partial charge in [0.05, 0.1) is 11.3 Å². The quantitative estimate of drug-likeness (QED) is 0.0401.